The second kappa shape index (κ2) is 5.79. The van der Waals surface area contributed by atoms with Crippen LogP contribution in [-0.2, 0) is 10.0 Å². The van der Waals surface area contributed by atoms with Gasteiger partial charge in [-0.15, -0.1) is 0 Å². The Morgan fingerprint density at radius 1 is 1.26 bits per heavy atom. The molecule has 1 unspecified atom stereocenters. The average molecular weight is 285 g/mol. The summed E-state index contributed by atoms with van der Waals surface area (Å²) in [7, 11) is -1.79. The summed E-state index contributed by atoms with van der Waals surface area (Å²) in [6.45, 7) is 6.47. The molecule has 0 heterocycles. The molecule has 19 heavy (non-hydrogen) atoms. The molecule has 1 aromatic rings. The maximum Gasteiger partial charge on any atom is 0.240 e. The number of sulfonamides is 1. The van der Waals surface area contributed by atoms with Crippen molar-refractivity contribution in [2.24, 2.45) is 11.1 Å². The van der Waals surface area contributed by atoms with Crippen LogP contribution in [0.15, 0.2) is 23.1 Å². The first-order valence-electron chi connectivity index (χ1n) is 6.28. The lowest BCUT2D eigenvalue weighted by Gasteiger charge is -2.28. The first kappa shape index (κ1) is 15.8. The lowest BCUT2D eigenvalue weighted by Crippen LogP contribution is -2.30. The highest BCUT2D eigenvalue weighted by molar-refractivity contribution is 7.89. The van der Waals surface area contributed by atoms with Crippen LogP contribution in [0, 0.1) is 5.92 Å². The molecule has 0 amide bonds. The third-order valence-electron chi connectivity index (χ3n) is 3.18. The number of primary sulfonamides is 1. The van der Waals surface area contributed by atoms with Crippen molar-refractivity contribution in [1.29, 1.82) is 0 Å². The highest BCUT2D eigenvalue weighted by Gasteiger charge is 2.16. The van der Waals surface area contributed by atoms with Gasteiger partial charge in [0.2, 0.25) is 10.0 Å². The molecule has 0 saturated carbocycles. The van der Waals surface area contributed by atoms with E-state index in [1.54, 1.807) is 12.1 Å². The fourth-order valence-corrected chi connectivity index (χ4v) is 2.75. The van der Waals surface area contributed by atoms with Crippen molar-refractivity contribution in [1.82, 2.24) is 0 Å². The smallest absolute Gasteiger partial charge is 0.240 e. The Morgan fingerprint density at radius 3 is 2.26 bits per heavy atom. The number of hydrogen-bond donors (Lipinski definition) is 2. The predicted molar refractivity (Wildman–Crippen MR) is 79.5 cm³/mol. The second-order valence-electron chi connectivity index (χ2n) is 5.36. The van der Waals surface area contributed by atoms with E-state index in [0.29, 0.717) is 12.0 Å². The zero-order valence-corrected chi connectivity index (χ0v) is 12.7. The van der Waals surface area contributed by atoms with E-state index in [1.807, 2.05) is 7.05 Å². The zero-order chi connectivity index (χ0) is 14.8. The van der Waals surface area contributed by atoms with Gasteiger partial charge in [0.05, 0.1) is 5.69 Å². The summed E-state index contributed by atoms with van der Waals surface area (Å²) >= 11 is 0. The molecule has 0 aliphatic heterocycles. The van der Waals surface area contributed by atoms with Crippen LogP contribution in [0.5, 0.6) is 0 Å². The minimum absolute atomic E-state index is 0.0267. The Hall–Kier alpha value is -1.27. The van der Waals surface area contributed by atoms with Crippen LogP contribution in [0.3, 0.4) is 0 Å². The summed E-state index contributed by atoms with van der Waals surface area (Å²) in [4.78, 5) is 2.06. The standard InChI is InChI=1S/C13H23N3O2S/c1-9(2)7-10(3)16(4)11-5-6-13(12(14)8-11)19(15,17)18/h5-6,8-10H,7,14H2,1-4H3,(H2,15,17,18). The largest absolute Gasteiger partial charge is 0.398 e. The van der Waals surface area contributed by atoms with Crippen LogP contribution in [0.4, 0.5) is 11.4 Å². The van der Waals surface area contributed by atoms with Crippen LogP contribution >= 0.6 is 0 Å². The summed E-state index contributed by atoms with van der Waals surface area (Å²) in [5.74, 6) is 0.596. The average Bonchev–Trinajstić information content (AvgIpc) is 2.25. The Balaban J connectivity index is 3.01. The van der Waals surface area contributed by atoms with Crippen molar-refractivity contribution >= 4 is 21.4 Å². The van der Waals surface area contributed by atoms with E-state index in [0.717, 1.165) is 12.1 Å². The minimum atomic E-state index is -3.76. The Morgan fingerprint density at radius 2 is 1.84 bits per heavy atom. The van der Waals surface area contributed by atoms with Gasteiger partial charge < -0.3 is 10.6 Å². The van der Waals surface area contributed by atoms with E-state index < -0.39 is 10.0 Å². The van der Waals surface area contributed by atoms with E-state index in [1.165, 1.54) is 6.07 Å². The predicted octanol–water partition coefficient (Wildman–Crippen LogP) is 1.79. The third-order valence-corrected chi connectivity index (χ3v) is 4.17. The Kier molecular flexibility index (Phi) is 4.81. The van der Waals surface area contributed by atoms with Gasteiger partial charge in [0.25, 0.3) is 0 Å². The van der Waals surface area contributed by atoms with E-state index in [-0.39, 0.29) is 10.6 Å². The third kappa shape index (κ3) is 4.11. The van der Waals surface area contributed by atoms with Crippen molar-refractivity contribution in [3.8, 4) is 0 Å². The number of nitrogens with zero attached hydrogens (tertiary/aromatic N) is 1. The maximum absolute atomic E-state index is 11.3. The van der Waals surface area contributed by atoms with Gasteiger partial charge in [-0.05, 0) is 37.5 Å². The van der Waals surface area contributed by atoms with E-state index >= 15 is 0 Å². The summed E-state index contributed by atoms with van der Waals surface area (Å²) in [6, 6.07) is 5.18. The van der Waals surface area contributed by atoms with Crippen LogP contribution in [0.1, 0.15) is 27.2 Å². The molecule has 0 aromatic heterocycles. The van der Waals surface area contributed by atoms with Gasteiger partial charge in [0.1, 0.15) is 4.90 Å². The normalized spacial score (nSPS) is 13.6. The van der Waals surface area contributed by atoms with Gasteiger partial charge in [-0.2, -0.15) is 0 Å². The molecule has 0 aliphatic carbocycles. The molecule has 5 nitrogen and oxygen atoms in total. The van der Waals surface area contributed by atoms with Gasteiger partial charge in [-0.25, -0.2) is 13.6 Å². The number of anilines is 2. The summed E-state index contributed by atoms with van der Waals surface area (Å²) < 4.78 is 22.6. The van der Waals surface area contributed by atoms with Gasteiger partial charge in [-0.3, -0.25) is 0 Å². The molecule has 6 heteroatoms. The van der Waals surface area contributed by atoms with E-state index in [9.17, 15) is 8.42 Å². The molecule has 0 fully saturated rings. The van der Waals surface area contributed by atoms with E-state index in [2.05, 4.69) is 25.7 Å². The van der Waals surface area contributed by atoms with Crippen molar-refractivity contribution in [2.45, 2.75) is 38.1 Å². The molecule has 0 bridgehead atoms. The monoisotopic (exact) mass is 285 g/mol. The fraction of sp³-hybridized carbons (Fsp3) is 0.538. The van der Waals surface area contributed by atoms with Crippen molar-refractivity contribution < 1.29 is 8.42 Å². The fourth-order valence-electron chi connectivity index (χ4n) is 2.11. The molecule has 0 radical (unpaired) electrons. The molecule has 4 N–H and O–H groups in total. The summed E-state index contributed by atoms with van der Waals surface area (Å²) in [5, 5.41) is 5.09. The maximum atomic E-state index is 11.3. The van der Waals surface area contributed by atoms with Crippen LogP contribution in [0.25, 0.3) is 0 Å². The summed E-state index contributed by atoms with van der Waals surface area (Å²) in [5.41, 5.74) is 6.83. The van der Waals surface area contributed by atoms with Crippen LogP contribution < -0.4 is 15.8 Å². The summed E-state index contributed by atoms with van der Waals surface area (Å²) in [6.07, 6.45) is 1.05. The molecular formula is C13H23N3O2S. The molecule has 1 rings (SSSR count). The highest BCUT2D eigenvalue weighted by Crippen LogP contribution is 2.25. The zero-order valence-electron chi connectivity index (χ0n) is 11.9. The topological polar surface area (TPSA) is 89.4 Å². The number of nitrogen functional groups attached to an aromatic ring is 1. The van der Waals surface area contributed by atoms with Crippen molar-refractivity contribution in [3.05, 3.63) is 18.2 Å². The Bertz CT molecular complexity index is 541. The molecule has 0 aliphatic rings. The number of rotatable bonds is 5. The van der Waals surface area contributed by atoms with Gasteiger partial charge in [0, 0.05) is 18.8 Å². The van der Waals surface area contributed by atoms with Gasteiger partial charge in [0.15, 0.2) is 0 Å². The van der Waals surface area contributed by atoms with Crippen LogP contribution in [-0.4, -0.2) is 21.5 Å². The second-order valence-corrected chi connectivity index (χ2v) is 6.89. The minimum Gasteiger partial charge on any atom is -0.398 e. The van der Waals surface area contributed by atoms with Crippen molar-refractivity contribution in [2.75, 3.05) is 17.7 Å². The molecule has 108 valence electrons. The van der Waals surface area contributed by atoms with Crippen molar-refractivity contribution in [3.63, 3.8) is 0 Å². The van der Waals surface area contributed by atoms with E-state index in [4.69, 9.17) is 10.9 Å². The first-order chi connectivity index (χ1) is 8.62. The Labute approximate surface area is 115 Å². The molecule has 1 atom stereocenters. The highest BCUT2D eigenvalue weighted by atomic mass is 32.2. The number of nitrogens with two attached hydrogens (primary N) is 2. The quantitative estimate of drug-likeness (QED) is 0.807. The van der Waals surface area contributed by atoms with Gasteiger partial charge >= 0.3 is 0 Å². The SMILES string of the molecule is CC(C)CC(C)N(C)c1ccc(S(N)(=O)=O)c(N)c1. The first-order valence-corrected chi connectivity index (χ1v) is 7.82. The lowest BCUT2D eigenvalue weighted by molar-refractivity contribution is 0.504. The number of benzene rings is 1. The molecule has 0 spiro atoms. The van der Waals surface area contributed by atoms with Crippen LogP contribution in [0.2, 0.25) is 0 Å². The molecular weight excluding hydrogens is 262 g/mol. The number of hydrogen-bond acceptors (Lipinski definition) is 4. The molecule has 0 saturated heterocycles. The lowest BCUT2D eigenvalue weighted by atomic mass is 10.0. The molecule has 1 aromatic carbocycles. The van der Waals surface area contributed by atoms with Gasteiger partial charge in [-0.1, -0.05) is 13.8 Å².